The second kappa shape index (κ2) is 4.26. The molecule has 0 spiro atoms. The van der Waals surface area contributed by atoms with Crippen LogP contribution in [0.15, 0.2) is 24.3 Å². The molecule has 0 bridgehead atoms. The van der Waals surface area contributed by atoms with Crippen LogP contribution in [0.3, 0.4) is 0 Å². The second-order valence-electron chi connectivity index (χ2n) is 3.89. The van der Waals surface area contributed by atoms with Gasteiger partial charge in [-0.05, 0) is 31.2 Å². The number of nitrogens with zero attached hydrogens (tertiary/aromatic N) is 1. The summed E-state index contributed by atoms with van der Waals surface area (Å²) in [7, 11) is 1.95. The predicted molar refractivity (Wildman–Crippen MR) is 69.3 cm³/mol. The largest absolute Gasteiger partial charge is 0.478 e. The number of carboxylic acids is 1. The van der Waals surface area contributed by atoms with Crippen molar-refractivity contribution in [1.29, 1.82) is 0 Å². The van der Waals surface area contributed by atoms with Gasteiger partial charge in [0.15, 0.2) is 0 Å². The minimum absolute atomic E-state index is 0.646. The Kier molecular flexibility index (Phi) is 2.94. The normalized spacial score (nSPS) is 11.5. The van der Waals surface area contributed by atoms with Crippen LogP contribution < -0.4 is 0 Å². The zero-order valence-corrected chi connectivity index (χ0v) is 10.3. The van der Waals surface area contributed by atoms with Gasteiger partial charge in [0.25, 0.3) is 0 Å². The lowest BCUT2D eigenvalue weighted by Gasteiger charge is -1.97. The highest BCUT2D eigenvalue weighted by Gasteiger charge is 2.10. The van der Waals surface area contributed by atoms with Crippen molar-refractivity contribution in [1.82, 2.24) is 4.57 Å². The minimum atomic E-state index is -0.955. The van der Waals surface area contributed by atoms with E-state index < -0.39 is 5.97 Å². The predicted octanol–water partition coefficient (Wildman–Crippen LogP) is 3.24. The molecule has 0 aliphatic heterocycles. The van der Waals surface area contributed by atoms with Gasteiger partial charge in [-0.3, -0.25) is 0 Å². The van der Waals surface area contributed by atoms with Gasteiger partial charge >= 0.3 is 5.97 Å². The summed E-state index contributed by atoms with van der Waals surface area (Å²) in [6.07, 6.45) is 2.75. The molecule has 1 heterocycles. The number of halogens is 1. The first-order chi connectivity index (χ1) is 8.00. The monoisotopic (exact) mass is 249 g/mol. The van der Waals surface area contributed by atoms with Crippen LogP contribution >= 0.6 is 11.6 Å². The van der Waals surface area contributed by atoms with Gasteiger partial charge in [0, 0.05) is 40.3 Å². The second-order valence-corrected chi connectivity index (χ2v) is 4.33. The average molecular weight is 250 g/mol. The number of hydrogen-bond donors (Lipinski definition) is 1. The summed E-state index contributed by atoms with van der Waals surface area (Å²) in [5.41, 5.74) is 2.95. The van der Waals surface area contributed by atoms with Crippen LogP contribution in [-0.2, 0) is 11.8 Å². The molecule has 4 heteroatoms. The summed E-state index contributed by atoms with van der Waals surface area (Å²) in [6.45, 7) is 1.95. The van der Waals surface area contributed by atoms with Crippen LogP contribution in [0.4, 0.5) is 0 Å². The van der Waals surface area contributed by atoms with Crippen LogP contribution in [0.25, 0.3) is 17.0 Å². The number of fused-ring (bicyclic) bond motifs is 1. The summed E-state index contributed by atoms with van der Waals surface area (Å²) in [5.74, 6) is -0.955. The van der Waals surface area contributed by atoms with E-state index in [4.69, 9.17) is 16.7 Å². The molecule has 1 N–H and O–H groups in total. The third kappa shape index (κ3) is 2.06. The molecule has 0 unspecified atom stereocenters. The molecular weight excluding hydrogens is 238 g/mol. The number of aliphatic carboxylic acids is 1. The number of carbonyl (C=O) groups is 1. The molecule has 0 atom stereocenters. The summed E-state index contributed by atoms with van der Waals surface area (Å²) in [6, 6.07) is 5.61. The van der Waals surface area contributed by atoms with Gasteiger partial charge in [-0.25, -0.2) is 4.79 Å². The first-order valence-corrected chi connectivity index (χ1v) is 5.54. The Morgan fingerprint density at radius 1 is 1.47 bits per heavy atom. The summed E-state index contributed by atoms with van der Waals surface area (Å²) in [4.78, 5) is 10.6. The van der Waals surface area contributed by atoms with Gasteiger partial charge in [-0.1, -0.05) is 11.6 Å². The highest BCUT2D eigenvalue weighted by molar-refractivity contribution is 6.31. The topological polar surface area (TPSA) is 42.2 Å². The van der Waals surface area contributed by atoms with Gasteiger partial charge in [-0.2, -0.15) is 0 Å². The van der Waals surface area contributed by atoms with E-state index in [9.17, 15) is 4.79 Å². The first-order valence-electron chi connectivity index (χ1n) is 5.16. The number of aromatic nitrogens is 1. The van der Waals surface area contributed by atoms with E-state index in [-0.39, 0.29) is 0 Å². The van der Waals surface area contributed by atoms with E-state index in [1.54, 1.807) is 6.08 Å². The van der Waals surface area contributed by atoms with E-state index in [1.807, 2.05) is 36.7 Å². The zero-order chi connectivity index (χ0) is 12.6. The number of benzene rings is 1. The highest BCUT2D eigenvalue weighted by atomic mass is 35.5. The molecular formula is C13H12ClNO2. The lowest BCUT2D eigenvalue weighted by Crippen LogP contribution is -1.90. The lowest BCUT2D eigenvalue weighted by atomic mass is 10.1. The van der Waals surface area contributed by atoms with Crippen molar-refractivity contribution in [2.45, 2.75) is 6.92 Å². The fourth-order valence-corrected chi connectivity index (χ4v) is 2.11. The Morgan fingerprint density at radius 2 is 2.18 bits per heavy atom. The highest BCUT2D eigenvalue weighted by Crippen LogP contribution is 2.28. The number of carboxylic acid groups (broad SMARTS) is 1. The molecule has 0 amide bonds. The Morgan fingerprint density at radius 3 is 2.82 bits per heavy atom. The smallest absolute Gasteiger partial charge is 0.328 e. The molecule has 0 saturated heterocycles. The molecule has 88 valence electrons. The maximum Gasteiger partial charge on any atom is 0.328 e. The Bertz CT molecular complexity index is 626. The van der Waals surface area contributed by atoms with Gasteiger partial charge in [0.1, 0.15) is 0 Å². The van der Waals surface area contributed by atoms with Crippen molar-refractivity contribution in [2.75, 3.05) is 0 Å². The maximum atomic E-state index is 10.6. The van der Waals surface area contributed by atoms with E-state index in [2.05, 4.69) is 0 Å². The van der Waals surface area contributed by atoms with Crippen molar-refractivity contribution in [3.63, 3.8) is 0 Å². The van der Waals surface area contributed by atoms with Crippen molar-refractivity contribution in [3.8, 4) is 0 Å². The Labute approximate surface area is 104 Å². The quantitative estimate of drug-likeness (QED) is 0.831. The molecule has 0 radical (unpaired) electrons. The fourth-order valence-electron chi connectivity index (χ4n) is 1.94. The third-order valence-electron chi connectivity index (χ3n) is 2.90. The minimum Gasteiger partial charge on any atom is -0.478 e. The first kappa shape index (κ1) is 11.7. The molecule has 2 rings (SSSR count). The van der Waals surface area contributed by atoms with E-state index in [0.29, 0.717) is 5.02 Å². The van der Waals surface area contributed by atoms with Gasteiger partial charge in [0.2, 0.25) is 0 Å². The van der Waals surface area contributed by atoms with Crippen molar-refractivity contribution in [3.05, 3.63) is 40.6 Å². The van der Waals surface area contributed by atoms with Crippen LogP contribution in [0.5, 0.6) is 0 Å². The van der Waals surface area contributed by atoms with E-state index in [0.717, 1.165) is 28.2 Å². The number of hydrogen-bond acceptors (Lipinski definition) is 1. The zero-order valence-electron chi connectivity index (χ0n) is 9.57. The summed E-state index contributed by atoms with van der Waals surface area (Å²) in [5, 5.41) is 10.3. The van der Waals surface area contributed by atoms with Crippen molar-refractivity contribution in [2.24, 2.45) is 7.05 Å². The SMILES string of the molecule is Cc1c(/C=C/C(=O)O)c2cc(Cl)ccc2n1C. The molecule has 0 fully saturated rings. The number of aryl methyl sites for hydroxylation is 1. The molecule has 17 heavy (non-hydrogen) atoms. The maximum absolute atomic E-state index is 10.6. The standard InChI is InChI=1S/C13H12ClNO2/c1-8-10(4-6-13(16)17)11-7-9(14)3-5-12(11)15(8)2/h3-7H,1-2H3,(H,16,17)/b6-4+. The summed E-state index contributed by atoms with van der Waals surface area (Å²) < 4.78 is 2.02. The molecule has 1 aromatic carbocycles. The van der Waals surface area contributed by atoms with Crippen LogP contribution in [0.2, 0.25) is 5.02 Å². The van der Waals surface area contributed by atoms with Crippen LogP contribution in [-0.4, -0.2) is 15.6 Å². The molecule has 2 aromatic rings. The Hall–Kier alpha value is -1.74. The number of rotatable bonds is 2. The molecule has 0 aliphatic carbocycles. The Balaban J connectivity index is 2.72. The fraction of sp³-hybridized carbons (Fsp3) is 0.154. The van der Waals surface area contributed by atoms with Gasteiger partial charge < -0.3 is 9.67 Å². The molecule has 0 saturated carbocycles. The average Bonchev–Trinajstić information content (AvgIpc) is 2.49. The lowest BCUT2D eigenvalue weighted by molar-refractivity contribution is -0.131. The molecule has 3 nitrogen and oxygen atoms in total. The van der Waals surface area contributed by atoms with Crippen LogP contribution in [0, 0.1) is 6.92 Å². The van der Waals surface area contributed by atoms with Crippen LogP contribution in [0.1, 0.15) is 11.3 Å². The van der Waals surface area contributed by atoms with E-state index >= 15 is 0 Å². The van der Waals surface area contributed by atoms with Gasteiger partial charge in [-0.15, -0.1) is 0 Å². The van der Waals surface area contributed by atoms with Gasteiger partial charge in [0.05, 0.1) is 0 Å². The van der Waals surface area contributed by atoms with E-state index in [1.165, 1.54) is 0 Å². The molecule has 0 aliphatic rings. The van der Waals surface area contributed by atoms with Crippen molar-refractivity contribution < 1.29 is 9.90 Å². The third-order valence-corrected chi connectivity index (χ3v) is 3.13. The van der Waals surface area contributed by atoms with Crippen molar-refractivity contribution >= 4 is 34.5 Å². The summed E-state index contributed by atoms with van der Waals surface area (Å²) >= 11 is 5.97. The molecule has 1 aromatic heterocycles.